The summed E-state index contributed by atoms with van der Waals surface area (Å²) in [4.78, 5) is 0. The van der Waals surface area contributed by atoms with Crippen LogP contribution in [-0.4, -0.2) is 18.5 Å². The highest BCUT2D eigenvalue weighted by Crippen LogP contribution is 2.18. The summed E-state index contributed by atoms with van der Waals surface area (Å²) in [6.45, 7) is 6.13. The molecule has 64 valence electrons. The van der Waals surface area contributed by atoms with E-state index in [-0.39, 0.29) is 6.29 Å². The van der Waals surface area contributed by atoms with Crippen molar-refractivity contribution in [1.82, 2.24) is 0 Å². The summed E-state index contributed by atoms with van der Waals surface area (Å²) in [6, 6.07) is 0. The molecule has 2 atom stereocenters. The van der Waals surface area contributed by atoms with E-state index < -0.39 is 0 Å². The maximum absolute atomic E-state index is 5.49. The zero-order chi connectivity index (χ0) is 8.27. The Morgan fingerprint density at radius 3 is 2.18 bits per heavy atom. The summed E-state index contributed by atoms with van der Waals surface area (Å²) in [6.07, 6.45) is 5.40. The lowest BCUT2D eigenvalue weighted by Crippen LogP contribution is -2.34. The zero-order valence-electron chi connectivity index (χ0n) is 7.41. The minimum absolute atomic E-state index is 0.126. The molecule has 1 fully saturated rings. The van der Waals surface area contributed by atoms with Crippen LogP contribution in [0.1, 0.15) is 27.2 Å². The maximum atomic E-state index is 5.49. The van der Waals surface area contributed by atoms with E-state index in [0.29, 0.717) is 12.2 Å². The Kier molecular flexibility index (Phi) is 3.09. The summed E-state index contributed by atoms with van der Waals surface area (Å²) >= 11 is 0. The second kappa shape index (κ2) is 3.88. The Labute approximate surface area is 68.2 Å². The topological polar surface area (TPSA) is 18.5 Å². The molecule has 0 aliphatic carbocycles. The molecule has 1 aliphatic rings. The van der Waals surface area contributed by atoms with Crippen LogP contribution in [0.15, 0.2) is 12.2 Å². The molecule has 0 aromatic carbocycles. The largest absolute Gasteiger partial charge is 0.346 e. The van der Waals surface area contributed by atoms with Gasteiger partial charge >= 0.3 is 0 Å². The molecule has 0 aromatic heterocycles. The van der Waals surface area contributed by atoms with E-state index in [0.717, 1.165) is 6.42 Å². The van der Waals surface area contributed by atoms with Crippen molar-refractivity contribution in [2.75, 3.05) is 0 Å². The van der Waals surface area contributed by atoms with Gasteiger partial charge in [-0.3, -0.25) is 0 Å². The smallest absolute Gasteiger partial charge is 0.177 e. The van der Waals surface area contributed by atoms with Crippen molar-refractivity contribution in [3.63, 3.8) is 0 Å². The van der Waals surface area contributed by atoms with Gasteiger partial charge in [-0.05, 0) is 33.3 Å². The summed E-state index contributed by atoms with van der Waals surface area (Å²) in [5, 5.41) is 0. The molecule has 0 bridgehead atoms. The predicted octanol–water partition coefficient (Wildman–Crippen LogP) is 2.10. The Balaban J connectivity index is 2.42. The molecule has 0 spiro atoms. The van der Waals surface area contributed by atoms with Crippen molar-refractivity contribution in [2.24, 2.45) is 0 Å². The Morgan fingerprint density at radius 1 is 1.18 bits per heavy atom. The highest BCUT2D eigenvalue weighted by molar-refractivity contribution is 4.84. The van der Waals surface area contributed by atoms with E-state index in [1.54, 1.807) is 0 Å². The Hall–Kier alpha value is -0.340. The predicted molar refractivity (Wildman–Crippen MR) is 44.3 cm³/mol. The van der Waals surface area contributed by atoms with Crippen LogP contribution in [0.25, 0.3) is 0 Å². The molecule has 0 N–H and O–H groups in total. The molecule has 1 rings (SSSR count). The van der Waals surface area contributed by atoms with Crippen LogP contribution in [0.2, 0.25) is 0 Å². The van der Waals surface area contributed by atoms with E-state index in [4.69, 9.17) is 9.47 Å². The van der Waals surface area contributed by atoms with Crippen LogP contribution in [0, 0.1) is 0 Å². The van der Waals surface area contributed by atoms with Gasteiger partial charge in [-0.2, -0.15) is 0 Å². The van der Waals surface area contributed by atoms with Crippen molar-refractivity contribution in [1.29, 1.82) is 0 Å². The van der Waals surface area contributed by atoms with Gasteiger partial charge in [0.05, 0.1) is 12.2 Å². The number of ether oxygens (including phenoxy) is 2. The molecule has 2 nitrogen and oxygen atoms in total. The minimum Gasteiger partial charge on any atom is -0.346 e. The first kappa shape index (κ1) is 8.75. The first-order valence-electron chi connectivity index (χ1n) is 4.16. The Morgan fingerprint density at radius 2 is 1.73 bits per heavy atom. The molecular weight excluding hydrogens is 140 g/mol. The van der Waals surface area contributed by atoms with Gasteiger partial charge in [-0.1, -0.05) is 6.08 Å². The lowest BCUT2D eigenvalue weighted by atomic mass is 10.2. The summed E-state index contributed by atoms with van der Waals surface area (Å²) in [5.41, 5.74) is 0. The van der Waals surface area contributed by atoms with Crippen LogP contribution in [0.4, 0.5) is 0 Å². The van der Waals surface area contributed by atoms with Crippen molar-refractivity contribution >= 4 is 0 Å². The first-order chi connectivity index (χ1) is 5.22. The van der Waals surface area contributed by atoms with Gasteiger partial charge in [0, 0.05) is 0 Å². The van der Waals surface area contributed by atoms with Crippen LogP contribution in [-0.2, 0) is 9.47 Å². The molecular formula is C9H16O2. The van der Waals surface area contributed by atoms with E-state index in [2.05, 4.69) is 13.8 Å². The number of hydrogen-bond acceptors (Lipinski definition) is 2. The van der Waals surface area contributed by atoms with Gasteiger partial charge in [0.1, 0.15) is 0 Å². The average Bonchev–Trinajstić information content (AvgIpc) is 1.85. The van der Waals surface area contributed by atoms with Gasteiger partial charge in [0.15, 0.2) is 6.29 Å². The van der Waals surface area contributed by atoms with E-state index >= 15 is 0 Å². The second-order valence-corrected chi connectivity index (χ2v) is 3.02. The van der Waals surface area contributed by atoms with Crippen molar-refractivity contribution in [3.05, 3.63) is 12.2 Å². The summed E-state index contributed by atoms with van der Waals surface area (Å²) in [7, 11) is 0. The Bertz CT molecular complexity index is 132. The van der Waals surface area contributed by atoms with E-state index in [1.807, 2.05) is 19.1 Å². The standard InChI is InChI=1S/C9H16O2/c1-4-5-9-10-7(2)6-8(3)11-9/h4-5,7-9H,6H2,1-3H3/b5-4+. The van der Waals surface area contributed by atoms with Gasteiger partial charge in [0.25, 0.3) is 0 Å². The molecule has 0 radical (unpaired) electrons. The first-order valence-corrected chi connectivity index (χ1v) is 4.16. The number of allylic oxidation sites excluding steroid dienone is 1. The third kappa shape index (κ3) is 2.64. The number of rotatable bonds is 1. The van der Waals surface area contributed by atoms with Crippen LogP contribution in [0.3, 0.4) is 0 Å². The van der Waals surface area contributed by atoms with E-state index in [9.17, 15) is 0 Å². The molecule has 2 unspecified atom stereocenters. The zero-order valence-corrected chi connectivity index (χ0v) is 7.41. The molecule has 11 heavy (non-hydrogen) atoms. The molecule has 0 saturated carbocycles. The molecule has 2 heteroatoms. The fourth-order valence-electron chi connectivity index (χ4n) is 1.32. The van der Waals surface area contributed by atoms with Gasteiger partial charge in [0.2, 0.25) is 0 Å². The van der Waals surface area contributed by atoms with Crippen molar-refractivity contribution < 1.29 is 9.47 Å². The molecule has 1 aliphatic heterocycles. The van der Waals surface area contributed by atoms with Crippen LogP contribution < -0.4 is 0 Å². The normalized spacial score (nSPS) is 39.7. The SMILES string of the molecule is C/C=C/C1OC(C)CC(C)O1. The highest BCUT2D eigenvalue weighted by atomic mass is 16.7. The van der Waals surface area contributed by atoms with Gasteiger partial charge in [-0.25, -0.2) is 0 Å². The lowest BCUT2D eigenvalue weighted by molar-refractivity contribution is -0.209. The monoisotopic (exact) mass is 156 g/mol. The average molecular weight is 156 g/mol. The fourth-order valence-corrected chi connectivity index (χ4v) is 1.32. The minimum atomic E-state index is -0.126. The molecule has 0 amide bonds. The molecule has 1 heterocycles. The maximum Gasteiger partial charge on any atom is 0.177 e. The van der Waals surface area contributed by atoms with Crippen molar-refractivity contribution in [3.8, 4) is 0 Å². The van der Waals surface area contributed by atoms with E-state index in [1.165, 1.54) is 0 Å². The quantitative estimate of drug-likeness (QED) is 0.541. The fraction of sp³-hybridized carbons (Fsp3) is 0.778. The summed E-state index contributed by atoms with van der Waals surface area (Å²) in [5.74, 6) is 0. The van der Waals surface area contributed by atoms with Gasteiger partial charge < -0.3 is 9.47 Å². The van der Waals surface area contributed by atoms with Crippen LogP contribution >= 0.6 is 0 Å². The molecule has 1 saturated heterocycles. The second-order valence-electron chi connectivity index (χ2n) is 3.02. The molecule has 0 aromatic rings. The van der Waals surface area contributed by atoms with Crippen molar-refractivity contribution in [2.45, 2.75) is 45.7 Å². The lowest BCUT2D eigenvalue weighted by Gasteiger charge is -2.30. The van der Waals surface area contributed by atoms with Crippen LogP contribution in [0.5, 0.6) is 0 Å². The van der Waals surface area contributed by atoms with Gasteiger partial charge in [-0.15, -0.1) is 0 Å². The highest BCUT2D eigenvalue weighted by Gasteiger charge is 2.22. The number of hydrogen-bond donors (Lipinski definition) is 0. The third-order valence-electron chi connectivity index (χ3n) is 1.75. The summed E-state index contributed by atoms with van der Waals surface area (Å²) < 4.78 is 11.0. The third-order valence-corrected chi connectivity index (χ3v) is 1.75.